The predicted octanol–water partition coefficient (Wildman–Crippen LogP) is -0.258. The smallest absolute Gasteiger partial charge is 0.242 e. The molecule has 2 aliphatic heterocycles. The van der Waals surface area contributed by atoms with Crippen molar-refractivity contribution in [2.24, 2.45) is 5.73 Å². The lowest BCUT2D eigenvalue weighted by Gasteiger charge is -2.37. The molecule has 0 aliphatic carbocycles. The van der Waals surface area contributed by atoms with Gasteiger partial charge in [0.25, 0.3) is 0 Å². The van der Waals surface area contributed by atoms with Gasteiger partial charge in [0.1, 0.15) is 0 Å². The minimum Gasteiger partial charge on any atom is -0.381 e. The zero-order valence-corrected chi connectivity index (χ0v) is 9.78. The molecule has 0 spiro atoms. The molecule has 0 bridgehead atoms. The Bertz CT molecular complexity index is 258. The van der Waals surface area contributed by atoms with Gasteiger partial charge in [-0.25, -0.2) is 0 Å². The van der Waals surface area contributed by atoms with Crippen molar-refractivity contribution in [3.05, 3.63) is 0 Å². The van der Waals surface area contributed by atoms with Gasteiger partial charge in [0, 0.05) is 26.9 Å². The fourth-order valence-electron chi connectivity index (χ4n) is 2.29. The molecule has 2 rings (SSSR count). The normalized spacial score (nSPS) is 29.0. The SMILES string of the molecule is CN(C(=O)C1(N)CCOCC1)C1CCOC1. The first-order chi connectivity index (χ1) is 7.63. The Morgan fingerprint density at radius 3 is 2.56 bits per heavy atom. The van der Waals surface area contributed by atoms with E-state index in [0.717, 1.165) is 13.0 Å². The van der Waals surface area contributed by atoms with Crippen LogP contribution in [0.3, 0.4) is 0 Å². The summed E-state index contributed by atoms with van der Waals surface area (Å²) < 4.78 is 10.5. The van der Waals surface area contributed by atoms with E-state index in [2.05, 4.69) is 0 Å². The molecular formula is C11H20N2O3. The first kappa shape index (κ1) is 11.8. The number of hydrogen-bond acceptors (Lipinski definition) is 4. The van der Waals surface area contributed by atoms with Crippen LogP contribution < -0.4 is 5.73 Å². The first-order valence-electron chi connectivity index (χ1n) is 5.85. The molecule has 1 atom stereocenters. The van der Waals surface area contributed by atoms with Gasteiger partial charge in [-0.1, -0.05) is 0 Å². The van der Waals surface area contributed by atoms with Crippen LogP contribution in [0.25, 0.3) is 0 Å². The summed E-state index contributed by atoms with van der Waals surface area (Å²) >= 11 is 0. The van der Waals surface area contributed by atoms with Crippen LogP contribution in [0.2, 0.25) is 0 Å². The zero-order valence-electron chi connectivity index (χ0n) is 9.78. The Kier molecular flexibility index (Phi) is 3.47. The molecule has 2 heterocycles. The van der Waals surface area contributed by atoms with Crippen molar-refractivity contribution >= 4 is 5.91 Å². The topological polar surface area (TPSA) is 64.8 Å². The summed E-state index contributed by atoms with van der Waals surface area (Å²) in [6, 6.07) is 0.191. The Morgan fingerprint density at radius 2 is 2.00 bits per heavy atom. The van der Waals surface area contributed by atoms with Crippen LogP contribution in [-0.2, 0) is 14.3 Å². The lowest BCUT2D eigenvalue weighted by Crippen LogP contribution is -2.59. The van der Waals surface area contributed by atoms with Crippen molar-refractivity contribution in [3.63, 3.8) is 0 Å². The minimum absolute atomic E-state index is 0.0336. The predicted molar refractivity (Wildman–Crippen MR) is 59.0 cm³/mol. The van der Waals surface area contributed by atoms with Gasteiger partial charge in [-0.3, -0.25) is 4.79 Å². The summed E-state index contributed by atoms with van der Waals surface area (Å²) in [6.45, 7) is 2.53. The molecule has 0 aromatic carbocycles. The number of likely N-dealkylation sites (N-methyl/N-ethyl adjacent to an activating group) is 1. The van der Waals surface area contributed by atoms with Crippen molar-refractivity contribution in [1.29, 1.82) is 0 Å². The van der Waals surface area contributed by atoms with Crippen LogP contribution >= 0.6 is 0 Å². The van der Waals surface area contributed by atoms with E-state index in [-0.39, 0.29) is 11.9 Å². The van der Waals surface area contributed by atoms with E-state index in [0.29, 0.717) is 32.7 Å². The lowest BCUT2D eigenvalue weighted by molar-refractivity contribution is -0.141. The molecule has 5 heteroatoms. The highest BCUT2D eigenvalue weighted by Gasteiger charge is 2.40. The molecule has 0 radical (unpaired) electrons. The van der Waals surface area contributed by atoms with Crippen LogP contribution in [0.5, 0.6) is 0 Å². The van der Waals surface area contributed by atoms with Crippen molar-refractivity contribution < 1.29 is 14.3 Å². The summed E-state index contributed by atoms with van der Waals surface area (Å²) in [5, 5.41) is 0. The molecule has 2 N–H and O–H groups in total. The van der Waals surface area contributed by atoms with Crippen molar-refractivity contribution in [2.75, 3.05) is 33.5 Å². The van der Waals surface area contributed by atoms with Crippen LogP contribution in [-0.4, -0.2) is 55.9 Å². The second kappa shape index (κ2) is 4.69. The molecule has 2 saturated heterocycles. The second-order valence-corrected chi connectivity index (χ2v) is 4.70. The molecule has 2 aliphatic rings. The number of hydrogen-bond donors (Lipinski definition) is 1. The van der Waals surface area contributed by atoms with E-state index in [4.69, 9.17) is 15.2 Å². The monoisotopic (exact) mass is 228 g/mol. The molecular weight excluding hydrogens is 208 g/mol. The fourth-order valence-corrected chi connectivity index (χ4v) is 2.29. The molecule has 92 valence electrons. The molecule has 5 nitrogen and oxygen atoms in total. The molecule has 16 heavy (non-hydrogen) atoms. The van der Waals surface area contributed by atoms with Gasteiger partial charge in [-0.05, 0) is 19.3 Å². The molecule has 0 saturated carbocycles. The van der Waals surface area contributed by atoms with Crippen LogP contribution in [0.1, 0.15) is 19.3 Å². The number of ether oxygens (including phenoxy) is 2. The summed E-state index contributed by atoms with van der Waals surface area (Å²) in [6.07, 6.45) is 2.14. The Balaban J connectivity index is 1.99. The summed E-state index contributed by atoms with van der Waals surface area (Å²) in [5.74, 6) is 0.0336. The molecule has 0 aromatic rings. The maximum Gasteiger partial charge on any atom is 0.242 e. The first-order valence-corrected chi connectivity index (χ1v) is 5.85. The number of carbonyl (C=O) groups is 1. The number of carbonyl (C=O) groups excluding carboxylic acids is 1. The third-order valence-corrected chi connectivity index (χ3v) is 3.58. The summed E-state index contributed by atoms with van der Waals surface area (Å²) in [5.41, 5.74) is 5.43. The maximum absolute atomic E-state index is 12.3. The average molecular weight is 228 g/mol. The van der Waals surface area contributed by atoms with E-state index < -0.39 is 5.54 Å². The highest BCUT2D eigenvalue weighted by atomic mass is 16.5. The lowest BCUT2D eigenvalue weighted by atomic mass is 9.89. The van der Waals surface area contributed by atoms with Crippen molar-refractivity contribution in [3.8, 4) is 0 Å². The van der Waals surface area contributed by atoms with E-state index in [1.165, 1.54) is 0 Å². The van der Waals surface area contributed by atoms with Gasteiger partial charge in [-0.15, -0.1) is 0 Å². The van der Waals surface area contributed by atoms with Crippen molar-refractivity contribution in [2.45, 2.75) is 30.8 Å². The summed E-state index contributed by atoms with van der Waals surface area (Å²) in [4.78, 5) is 14.1. The number of amides is 1. The number of rotatable bonds is 2. The molecule has 1 unspecified atom stereocenters. The highest BCUT2D eigenvalue weighted by Crippen LogP contribution is 2.22. The van der Waals surface area contributed by atoms with Gasteiger partial charge in [-0.2, -0.15) is 0 Å². The molecule has 1 amide bonds. The van der Waals surface area contributed by atoms with E-state index in [1.54, 1.807) is 4.90 Å². The van der Waals surface area contributed by atoms with E-state index in [1.807, 2.05) is 7.05 Å². The van der Waals surface area contributed by atoms with Crippen LogP contribution in [0.15, 0.2) is 0 Å². The molecule has 0 aromatic heterocycles. The Labute approximate surface area is 95.9 Å². The maximum atomic E-state index is 12.3. The Hall–Kier alpha value is -0.650. The van der Waals surface area contributed by atoms with Crippen molar-refractivity contribution in [1.82, 2.24) is 4.90 Å². The van der Waals surface area contributed by atoms with Gasteiger partial charge < -0.3 is 20.1 Å². The average Bonchev–Trinajstić information content (AvgIpc) is 2.81. The van der Waals surface area contributed by atoms with E-state index in [9.17, 15) is 4.79 Å². The van der Waals surface area contributed by atoms with Gasteiger partial charge in [0.2, 0.25) is 5.91 Å². The quantitative estimate of drug-likeness (QED) is 0.707. The molecule has 2 fully saturated rings. The van der Waals surface area contributed by atoms with Gasteiger partial charge in [0.15, 0.2) is 0 Å². The van der Waals surface area contributed by atoms with Crippen LogP contribution in [0, 0.1) is 0 Å². The van der Waals surface area contributed by atoms with Crippen LogP contribution in [0.4, 0.5) is 0 Å². The third kappa shape index (κ3) is 2.21. The summed E-state index contributed by atoms with van der Waals surface area (Å²) in [7, 11) is 1.83. The van der Waals surface area contributed by atoms with Gasteiger partial charge in [0.05, 0.1) is 18.2 Å². The highest BCUT2D eigenvalue weighted by molar-refractivity contribution is 5.86. The number of nitrogens with zero attached hydrogens (tertiary/aromatic N) is 1. The third-order valence-electron chi connectivity index (χ3n) is 3.58. The second-order valence-electron chi connectivity index (χ2n) is 4.70. The standard InChI is InChI=1S/C11H20N2O3/c1-13(9-2-5-16-8-9)10(14)11(12)3-6-15-7-4-11/h9H,2-8,12H2,1H3. The fraction of sp³-hybridized carbons (Fsp3) is 0.909. The minimum atomic E-state index is -0.727. The van der Waals surface area contributed by atoms with E-state index >= 15 is 0 Å². The Morgan fingerprint density at radius 1 is 1.31 bits per heavy atom. The zero-order chi connectivity index (χ0) is 11.6. The van der Waals surface area contributed by atoms with Gasteiger partial charge >= 0.3 is 0 Å². The largest absolute Gasteiger partial charge is 0.381 e. The number of nitrogens with two attached hydrogens (primary N) is 1.